The molecule has 6 nitrogen and oxygen atoms in total. The predicted octanol–water partition coefficient (Wildman–Crippen LogP) is 5.83. The Morgan fingerprint density at radius 1 is 1.03 bits per heavy atom. The van der Waals surface area contributed by atoms with Crippen LogP contribution in [0.25, 0.3) is 39.1 Å². The van der Waals surface area contributed by atoms with E-state index in [1.165, 1.54) is 12.3 Å². The van der Waals surface area contributed by atoms with Crippen molar-refractivity contribution < 1.29 is 13.2 Å². The van der Waals surface area contributed by atoms with Gasteiger partial charge in [-0.2, -0.15) is 5.10 Å². The van der Waals surface area contributed by atoms with Gasteiger partial charge < -0.3 is 4.42 Å². The molecule has 2 aromatic carbocycles. The van der Waals surface area contributed by atoms with Gasteiger partial charge in [0.1, 0.15) is 16.9 Å². The Hall–Kier alpha value is -3.36. The predicted molar refractivity (Wildman–Crippen MR) is 113 cm³/mol. The highest BCUT2D eigenvalue weighted by Crippen LogP contribution is 2.33. The Balaban J connectivity index is 1.82. The first-order chi connectivity index (χ1) is 14.9. The lowest BCUT2D eigenvalue weighted by molar-refractivity contribution is 0.145. The minimum Gasteiger partial charge on any atom is -0.401 e. The zero-order valence-corrected chi connectivity index (χ0v) is 16.9. The van der Waals surface area contributed by atoms with Crippen molar-refractivity contribution in [1.82, 2.24) is 19.7 Å². The summed E-state index contributed by atoms with van der Waals surface area (Å²) in [6.45, 7) is 0. The maximum absolute atomic E-state index is 13.4. The van der Waals surface area contributed by atoms with Gasteiger partial charge in [0, 0.05) is 11.6 Å². The van der Waals surface area contributed by atoms with E-state index in [0.717, 1.165) is 16.1 Å². The van der Waals surface area contributed by atoms with Crippen molar-refractivity contribution in [2.45, 2.75) is 6.43 Å². The molecule has 0 radical (unpaired) electrons. The van der Waals surface area contributed by atoms with Gasteiger partial charge in [0.2, 0.25) is 5.89 Å². The summed E-state index contributed by atoms with van der Waals surface area (Å²) >= 11 is 12.7. The molecule has 31 heavy (non-hydrogen) atoms. The van der Waals surface area contributed by atoms with Crippen molar-refractivity contribution >= 4 is 44.9 Å². The van der Waals surface area contributed by atoms with E-state index in [1.807, 2.05) is 6.07 Å². The number of alkyl halides is 2. The van der Waals surface area contributed by atoms with Crippen molar-refractivity contribution in [3.63, 3.8) is 0 Å². The van der Waals surface area contributed by atoms with E-state index in [2.05, 4.69) is 15.1 Å². The van der Waals surface area contributed by atoms with Crippen molar-refractivity contribution in [2.24, 2.45) is 0 Å². The molecule has 0 saturated carbocycles. The molecular formula is C21H10Cl2F2N4O2. The minimum absolute atomic E-state index is 0.0147. The summed E-state index contributed by atoms with van der Waals surface area (Å²) in [5.74, 6) is -0.156. The second-order valence-corrected chi connectivity index (χ2v) is 7.38. The van der Waals surface area contributed by atoms with Gasteiger partial charge >= 0.3 is 5.63 Å². The van der Waals surface area contributed by atoms with E-state index in [0.29, 0.717) is 5.39 Å². The molecule has 3 aromatic heterocycles. The summed E-state index contributed by atoms with van der Waals surface area (Å²) in [5.41, 5.74) is -1.10. The van der Waals surface area contributed by atoms with Crippen LogP contribution >= 0.6 is 23.2 Å². The third-order valence-electron chi connectivity index (χ3n) is 4.69. The lowest BCUT2D eigenvalue weighted by Crippen LogP contribution is -2.07. The van der Waals surface area contributed by atoms with Crippen LogP contribution < -0.4 is 5.63 Å². The summed E-state index contributed by atoms with van der Waals surface area (Å²) in [4.78, 5) is 21.2. The molecule has 5 rings (SSSR count). The number of hydrogen-bond donors (Lipinski definition) is 0. The first kappa shape index (κ1) is 19.6. The van der Waals surface area contributed by atoms with Gasteiger partial charge in [-0.1, -0.05) is 47.5 Å². The summed E-state index contributed by atoms with van der Waals surface area (Å²) in [6, 6.07) is 13.0. The van der Waals surface area contributed by atoms with Crippen LogP contribution in [0.2, 0.25) is 10.0 Å². The first-order valence-corrected chi connectivity index (χ1v) is 9.71. The van der Waals surface area contributed by atoms with E-state index in [1.54, 1.807) is 30.3 Å². The van der Waals surface area contributed by atoms with Gasteiger partial charge in [-0.15, -0.1) is 0 Å². The molecule has 0 amide bonds. The smallest absolute Gasteiger partial charge is 0.347 e. The van der Waals surface area contributed by atoms with Crippen molar-refractivity contribution in [3.8, 4) is 17.4 Å². The Bertz CT molecular complexity index is 1530. The van der Waals surface area contributed by atoms with E-state index >= 15 is 0 Å². The lowest BCUT2D eigenvalue weighted by atomic mass is 10.1. The fourth-order valence-electron chi connectivity index (χ4n) is 3.29. The molecule has 0 bridgehead atoms. The standard InChI is InChI=1S/C21H10Cl2F2N4O2/c22-13-6-3-7-26-19(13)29-15(9-14(28-29)18(24)25)20-27-17-12(21(30)31-20)8-10-4-1-2-5-11(10)16(17)23/h1-9,18H. The van der Waals surface area contributed by atoms with Crippen molar-refractivity contribution in [2.75, 3.05) is 0 Å². The van der Waals surface area contributed by atoms with Crippen LogP contribution in [0, 0.1) is 0 Å². The molecule has 0 saturated heterocycles. The zero-order chi connectivity index (χ0) is 21.7. The number of nitrogens with zero attached hydrogens (tertiary/aromatic N) is 4. The second kappa shape index (κ2) is 7.40. The first-order valence-electron chi connectivity index (χ1n) is 8.95. The number of benzene rings is 2. The normalized spacial score (nSPS) is 11.6. The van der Waals surface area contributed by atoms with E-state index in [9.17, 15) is 13.6 Å². The molecule has 0 spiro atoms. The quantitative estimate of drug-likeness (QED) is 0.317. The molecule has 0 aliphatic carbocycles. The highest BCUT2D eigenvalue weighted by molar-refractivity contribution is 6.40. The van der Waals surface area contributed by atoms with Gasteiger partial charge in [0.15, 0.2) is 5.82 Å². The van der Waals surface area contributed by atoms with Crippen molar-refractivity contribution in [1.29, 1.82) is 0 Å². The van der Waals surface area contributed by atoms with Gasteiger partial charge in [0.05, 0.1) is 15.4 Å². The van der Waals surface area contributed by atoms with E-state index in [4.69, 9.17) is 27.6 Å². The maximum atomic E-state index is 13.4. The van der Waals surface area contributed by atoms with Gasteiger partial charge in [-0.25, -0.2) is 28.2 Å². The molecule has 5 aromatic rings. The van der Waals surface area contributed by atoms with E-state index in [-0.39, 0.29) is 38.4 Å². The molecule has 0 aliphatic heterocycles. The molecule has 0 aliphatic rings. The third-order valence-corrected chi connectivity index (χ3v) is 5.37. The number of halogens is 4. The second-order valence-electron chi connectivity index (χ2n) is 6.59. The summed E-state index contributed by atoms with van der Waals surface area (Å²) in [6.07, 6.45) is -1.44. The highest BCUT2D eigenvalue weighted by atomic mass is 35.5. The average Bonchev–Trinajstić information content (AvgIpc) is 3.20. The van der Waals surface area contributed by atoms with Crippen LogP contribution in [0.3, 0.4) is 0 Å². The number of pyridine rings is 1. The summed E-state index contributed by atoms with van der Waals surface area (Å²) in [7, 11) is 0. The average molecular weight is 459 g/mol. The number of fused-ring (bicyclic) bond motifs is 2. The van der Waals surface area contributed by atoms with Crippen LogP contribution in [0.4, 0.5) is 8.78 Å². The molecule has 154 valence electrons. The molecular weight excluding hydrogens is 449 g/mol. The Morgan fingerprint density at radius 2 is 1.84 bits per heavy atom. The minimum atomic E-state index is -2.87. The fraction of sp³-hybridized carbons (Fsp3) is 0.0476. The SMILES string of the molecule is O=c1oc(-c2cc(C(F)F)nn2-c2ncccc2Cl)nc2c(Cl)c3ccccc3cc12. The van der Waals surface area contributed by atoms with Crippen LogP contribution in [-0.2, 0) is 0 Å². The molecule has 0 atom stereocenters. The van der Waals surface area contributed by atoms with Crippen LogP contribution in [0.1, 0.15) is 12.1 Å². The molecule has 0 unspecified atom stereocenters. The number of hydrogen-bond acceptors (Lipinski definition) is 5. The molecule has 3 heterocycles. The van der Waals surface area contributed by atoms with Crippen LogP contribution in [0.15, 0.2) is 63.9 Å². The van der Waals surface area contributed by atoms with Gasteiger partial charge in [0.25, 0.3) is 6.43 Å². The molecule has 10 heteroatoms. The topological polar surface area (TPSA) is 73.8 Å². The largest absolute Gasteiger partial charge is 0.401 e. The zero-order valence-electron chi connectivity index (χ0n) is 15.4. The molecule has 0 N–H and O–H groups in total. The summed E-state index contributed by atoms with van der Waals surface area (Å²) < 4.78 is 33.2. The number of rotatable bonds is 3. The fourth-order valence-corrected chi connectivity index (χ4v) is 3.80. The van der Waals surface area contributed by atoms with Crippen LogP contribution in [0.5, 0.6) is 0 Å². The van der Waals surface area contributed by atoms with Gasteiger partial charge in [-0.05, 0) is 29.7 Å². The maximum Gasteiger partial charge on any atom is 0.347 e. The highest BCUT2D eigenvalue weighted by Gasteiger charge is 2.23. The summed E-state index contributed by atoms with van der Waals surface area (Å²) in [5, 5.41) is 5.90. The Kier molecular flexibility index (Phi) is 4.68. The monoisotopic (exact) mass is 458 g/mol. The van der Waals surface area contributed by atoms with Gasteiger partial charge in [-0.3, -0.25) is 0 Å². The third kappa shape index (κ3) is 3.24. The van der Waals surface area contributed by atoms with E-state index < -0.39 is 17.7 Å². The molecule has 0 fully saturated rings. The van der Waals surface area contributed by atoms with Crippen molar-refractivity contribution in [3.05, 3.63) is 80.9 Å². The van der Waals surface area contributed by atoms with Crippen LogP contribution in [-0.4, -0.2) is 19.7 Å². The number of aromatic nitrogens is 4. The Labute approximate surface area is 182 Å². The Morgan fingerprint density at radius 3 is 2.61 bits per heavy atom. The lowest BCUT2D eigenvalue weighted by Gasteiger charge is -2.08.